The van der Waals surface area contributed by atoms with Crippen LogP contribution in [0.25, 0.3) is 0 Å². The van der Waals surface area contributed by atoms with E-state index in [9.17, 15) is 9.18 Å². The number of benzene rings is 2. The molecule has 0 saturated heterocycles. The number of carboxylic acids is 1. The third-order valence-corrected chi connectivity index (χ3v) is 3.19. The number of anilines is 1. The lowest BCUT2D eigenvalue weighted by atomic mass is 10.1. The van der Waals surface area contributed by atoms with E-state index in [1.165, 1.54) is 12.1 Å². The Hall–Kier alpha value is -2.07. The average molecular weight is 294 g/mol. The van der Waals surface area contributed by atoms with Gasteiger partial charge in [0.05, 0.1) is 5.56 Å². The van der Waals surface area contributed by atoms with Gasteiger partial charge in [-0.2, -0.15) is 0 Å². The summed E-state index contributed by atoms with van der Waals surface area (Å²) in [6.45, 7) is 2.09. The molecule has 5 heteroatoms. The largest absolute Gasteiger partial charge is 0.478 e. The summed E-state index contributed by atoms with van der Waals surface area (Å²) in [6, 6.07) is 9.27. The maximum atomic E-state index is 13.2. The molecule has 3 nitrogen and oxygen atoms in total. The first kappa shape index (κ1) is 14.3. The van der Waals surface area contributed by atoms with Crippen LogP contribution in [0.15, 0.2) is 36.4 Å². The quantitative estimate of drug-likeness (QED) is 0.892. The second-order valence-electron chi connectivity index (χ2n) is 4.41. The Bertz CT molecular complexity index is 638. The van der Waals surface area contributed by atoms with Gasteiger partial charge in [0.15, 0.2) is 0 Å². The number of halogens is 2. The van der Waals surface area contributed by atoms with Crippen LogP contribution in [-0.2, 0) is 6.54 Å². The number of nitrogens with one attached hydrogen (secondary N) is 1. The minimum Gasteiger partial charge on any atom is -0.478 e. The molecule has 0 aliphatic carbocycles. The molecule has 2 rings (SSSR count). The van der Waals surface area contributed by atoms with Crippen molar-refractivity contribution in [3.63, 3.8) is 0 Å². The monoisotopic (exact) mass is 293 g/mol. The van der Waals surface area contributed by atoms with E-state index in [1.807, 2.05) is 0 Å². The molecule has 0 bridgehead atoms. The predicted molar refractivity (Wildman–Crippen MR) is 76.9 cm³/mol. The van der Waals surface area contributed by atoms with E-state index in [4.69, 9.17) is 16.7 Å². The summed E-state index contributed by atoms with van der Waals surface area (Å²) in [6.07, 6.45) is 0. The van der Waals surface area contributed by atoms with E-state index in [0.717, 1.165) is 0 Å². The van der Waals surface area contributed by atoms with Crippen LogP contribution in [0.3, 0.4) is 0 Å². The summed E-state index contributed by atoms with van der Waals surface area (Å²) in [5.74, 6) is -1.37. The Morgan fingerprint density at radius 3 is 2.75 bits per heavy atom. The molecule has 0 heterocycles. The maximum Gasteiger partial charge on any atom is 0.336 e. The van der Waals surface area contributed by atoms with Crippen molar-refractivity contribution in [2.75, 3.05) is 5.32 Å². The molecule has 2 aromatic rings. The van der Waals surface area contributed by atoms with Gasteiger partial charge in [-0.3, -0.25) is 0 Å². The van der Waals surface area contributed by atoms with E-state index in [1.54, 1.807) is 31.2 Å². The first-order chi connectivity index (χ1) is 9.47. The zero-order valence-electron chi connectivity index (χ0n) is 10.8. The van der Waals surface area contributed by atoms with Gasteiger partial charge in [0.25, 0.3) is 0 Å². The van der Waals surface area contributed by atoms with Crippen LogP contribution < -0.4 is 5.32 Å². The first-order valence-electron chi connectivity index (χ1n) is 5.99. The highest BCUT2D eigenvalue weighted by Crippen LogP contribution is 2.21. The van der Waals surface area contributed by atoms with E-state index in [0.29, 0.717) is 28.4 Å². The molecule has 0 amide bonds. The fraction of sp³-hybridized carbons (Fsp3) is 0.133. The van der Waals surface area contributed by atoms with Crippen molar-refractivity contribution in [1.29, 1.82) is 0 Å². The Morgan fingerprint density at radius 1 is 1.35 bits per heavy atom. The normalized spacial score (nSPS) is 10.3. The molecule has 0 unspecified atom stereocenters. The van der Waals surface area contributed by atoms with Gasteiger partial charge in [-0.05, 0) is 48.4 Å². The zero-order valence-corrected chi connectivity index (χ0v) is 11.5. The van der Waals surface area contributed by atoms with Crippen molar-refractivity contribution in [1.82, 2.24) is 0 Å². The van der Waals surface area contributed by atoms with Crippen molar-refractivity contribution in [2.24, 2.45) is 0 Å². The van der Waals surface area contributed by atoms with Gasteiger partial charge in [-0.15, -0.1) is 0 Å². The number of aromatic carboxylic acids is 1. The van der Waals surface area contributed by atoms with E-state index in [2.05, 4.69) is 5.32 Å². The number of hydrogen-bond donors (Lipinski definition) is 2. The first-order valence-corrected chi connectivity index (χ1v) is 6.37. The molecule has 0 saturated carbocycles. The van der Waals surface area contributed by atoms with Crippen LogP contribution in [0.5, 0.6) is 0 Å². The highest BCUT2D eigenvalue weighted by atomic mass is 35.5. The molecule has 0 aromatic heterocycles. The smallest absolute Gasteiger partial charge is 0.336 e. The lowest BCUT2D eigenvalue weighted by molar-refractivity contribution is 0.0696. The zero-order chi connectivity index (χ0) is 14.7. The second-order valence-corrected chi connectivity index (χ2v) is 4.85. The minimum absolute atomic E-state index is 0.243. The molecular formula is C15H13ClFNO2. The van der Waals surface area contributed by atoms with Crippen LogP contribution in [0, 0.1) is 12.7 Å². The topological polar surface area (TPSA) is 49.3 Å². The second kappa shape index (κ2) is 5.92. The molecule has 0 aliphatic rings. The molecule has 104 valence electrons. The summed E-state index contributed by atoms with van der Waals surface area (Å²) in [5.41, 5.74) is 2.27. The predicted octanol–water partition coefficient (Wildman–Crippen LogP) is 4.10. The maximum absolute atomic E-state index is 13.2. The molecule has 2 N–H and O–H groups in total. The molecule has 0 radical (unpaired) electrons. The average Bonchev–Trinajstić information content (AvgIpc) is 2.36. The van der Waals surface area contributed by atoms with Crippen LogP contribution in [-0.4, -0.2) is 11.1 Å². The van der Waals surface area contributed by atoms with Crippen LogP contribution in [0.1, 0.15) is 21.5 Å². The molecule has 0 aliphatic heterocycles. The van der Waals surface area contributed by atoms with Crippen molar-refractivity contribution in [2.45, 2.75) is 13.5 Å². The number of carboxylic acid groups (broad SMARTS) is 1. The van der Waals surface area contributed by atoms with Crippen LogP contribution in [0.2, 0.25) is 5.02 Å². The van der Waals surface area contributed by atoms with Gasteiger partial charge >= 0.3 is 5.97 Å². The highest BCUT2D eigenvalue weighted by Gasteiger charge is 2.09. The lowest BCUT2D eigenvalue weighted by Crippen LogP contribution is -2.06. The summed E-state index contributed by atoms with van der Waals surface area (Å²) in [7, 11) is 0. The van der Waals surface area contributed by atoms with E-state index < -0.39 is 11.8 Å². The summed E-state index contributed by atoms with van der Waals surface area (Å²) in [4.78, 5) is 11.0. The van der Waals surface area contributed by atoms with Crippen LogP contribution >= 0.6 is 11.6 Å². The van der Waals surface area contributed by atoms with Crippen molar-refractivity contribution in [3.8, 4) is 0 Å². The highest BCUT2D eigenvalue weighted by molar-refractivity contribution is 6.30. The van der Waals surface area contributed by atoms with Gasteiger partial charge in [-0.1, -0.05) is 17.7 Å². The Kier molecular flexibility index (Phi) is 4.25. The number of carbonyl (C=O) groups is 1. The third-order valence-electron chi connectivity index (χ3n) is 2.97. The number of rotatable bonds is 4. The van der Waals surface area contributed by atoms with E-state index in [-0.39, 0.29) is 5.56 Å². The Morgan fingerprint density at radius 2 is 2.10 bits per heavy atom. The molecule has 0 atom stereocenters. The van der Waals surface area contributed by atoms with Gasteiger partial charge in [0.1, 0.15) is 5.82 Å². The van der Waals surface area contributed by atoms with Gasteiger partial charge < -0.3 is 10.4 Å². The Balaban J connectivity index is 2.19. The van der Waals surface area contributed by atoms with Crippen LogP contribution in [0.4, 0.5) is 10.1 Å². The molecule has 2 aromatic carbocycles. The standard InChI is InChI=1S/C15H13ClFNO2/c1-9-13(15(19)20)3-2-4-14(9)18-8-10-5-11(16)7-12(17)6-10/h2-7,18H,8H2,1H3,(H,19,20). The summed E-state index contributed by atoms with van der Waals surface area (Å²) < 4.78 is 13.2. The molecule has 20 heavy (non-hydrogen) atoms. The molecule has 0 fully saturated rings. The summed E-state index contributed by atoms with van der Waals surface area (Å²) in [5, 5.41) is 12.5. The lowest BCUT2D eigenvalue weighted by Gasteiger charge is -2.11. The van der Waals surface area contributed by atoms with Crippen molar-refractivity contribution in [3.05, 3.63) is 63.9 Å². The minimum atomic E-state index is -0.972. The Labute approximate surface area is 121 Å². The fourth-order valence-electron chi connectivity index (χ4n) is 1.97. The molecular weight excluding hydrogens is 281 g/mol. The van der Waals surface area contributed by atoms with Gasteiger partial charge in [0, 0.05) is 17.3 Å². The molecule has 0 spiro atoms. The van der Waals surface area contributed by atoms with Crippen molar-refractivity contribution < 1.29 is 14.3 Å². The fourth-order valence-corrected chi connectivity index (χ4v) is 2.21. The summed E-state index contributed by atoms with van der Waals surface area (Å²) >= 11 is 5.78. The van der Waals surface area contributed by atoms with Crippen molar-refractivity contribution >= 4 is 23.3 Å². The SMILES string of the molecule is Cc1c(NCc2cc(F)cc(Cl)c2)cccc1C(=O)O. The van der Waals surface area contributed by atoms with Gasteiger partial charge in [-0.25, -0.2) is 9.18 Å². The number of hydrogen-bond acceptors (Lipinski definition) is 2. The van der Waals surface area contributed by atoms with Gasteiger partial charge in [0.2, 0.25) is 0 Å². The van der Waals surface area contributed by atoms with E-state index >= 15 is 0 Å². The third kappa shape index (κ3) is 3.27.